The quantitative estimate of drug-likeness (QED) is 0.743. The van der Waals surface area contributed by atoms with E-state index in [-0.39, 0.29) is 17.3 Å². The van der Waals surface area contributed by atoms with Crippen molar-refractivity contribution in [2.75, 3.05) is 11.5 Å². The van der Waals surface area contributed by atoms with Crippen LogP contribution in [0.4, 0.5) is 0 Å². The lowest BCUT2D eigenvalue weighted by Crippen LogP contribution is -2.38. The summed E-state index contributed by atoms with van der Waals surface area (Å²) in [5.74, 6) is 0.849. The van der Waals surface area contributed by atoms with Gasteiger partial charge in [-0.25, -0.2) is 13.4 Å². The van der Waals surface area contributed by atoms with Crippen LogP contribution in [0.2, 0.25) is 0 Å². The zero-order chi connectivity index (χ0) is 11.8. The van der Waals surface area contributed by atoms with Crippen molar-refractivity contribution in [1.29, 1.82) is 0 Å². The lowest BCUT2D eigenvalue weighted by molar-refractivity contribution is 0.111. The van der Waals surface area contributed by atoms with E-state index in [4.69, 9.17) is 0 Å². The molecule has 0 radical (unpaired) electrons. The lowest BCUT2D eigenvalue weighted by atomic mass is 9.86. The molecule has 0 aromatic carbocycles. The van der Waals surface area contributed by atoms with E-state index in [0.717, 1.165) is 6.42 Å². The smallest absolute Gasteiger partial charge is 0.214 e. The Kier molecular flexibility index (Phi) is 2.57. The first kappa shape index (κ1) is 11.3. The first-order chi connectivity index (χ1) is 7.45. The predicted molar refractivity (Wildman–Crippen MR) is 57.0 cm³/mol. The number of H-pyrrole nitrogens is 1. The molecule has 0 bridgehead atoms. The monoisotopic (exact) mass is 243 g/mol. The number of carbonyl (C=O) groups is 1. The van der Waals surface area contributed by atoms with Crippen LogP contribution in [0.5, 0.6) is 0 Å². The summed E-state index contributed by atoms with van der Waals surface area (Å²) >= 11 is 0. The third-order valence-electron chi connectivity index (χ3n) is 2.90. The molecule has 16 heavy (non-hydrogen) atoms. The van der Waals surface area contributed by atoms with E-state index in [1.54, 1.807) is 0 Å². The maximum atomic E-state index is 11.6. The molecule has 1 fully saturated rings. The van der Waals surface area contributed by atoms with E-state index < -0.39 is 15.3 Å². The molecule has 6 nitrogen and oxygen atoms in total. The van der Waals surface area contributed by atoms with Crippen LogP contribution in [0.3, 0.4) is 0 Å². The van der Waals surface area contributed by atoms with Crippen molar-refractivity contribution in [2.24, 2.45) is 0 Å². The van der Waals surface area contributed by atoms with Crippen molar-refractivity contribution in [3.8, 4) is 0 Å². The number of sulfone groups is 1. The van der Waals surface area contributed by atoms with Crippen LogP contribution >= 0.6 is 0 Å². The molecule has 1 N–H and O–H groups in total. The number of aldehydes is 1. The predicted octanol–water partition coefficient (Wildman–Crippen LogP) is 0.0835. The van der Waals surface area contributed by atoms with Crippen molar-refractivity contribution in [3.63, 3.8) is 0 Å². The molecule has 2 heterocycles. The van der Waals surface area contributed by atoms with Gasteiger partial charge in [-0.2, -0.15) is 5.10 Å². The molecule has 7 heteroatoms. The molecule has 0 aliphatic carbocycles. The van der Waals surface area contributed by atoms with Crippen LogP contribution in [-0.2, 0) is 15.3 Å². The summed E-state index contributed by atoms with van der Waals surface area (Å²) in [6.07, 6.45) is 1.90. The van der Waals surface area contributed by atoms with Crippen molar-refractivity contribution in [3.05, 3.63) is 11.6 Å². The maximum Gasteiger partial charge on any atom is 0.214 e. The number of hydrogen-bond acceptors (Lipinski definition) is 5. The fraction of sp³-hybridized carbons (Fsp3) is 0.667. The van der Waals surface area contributed by atoms with Gasteiger partial charge in [0.1, 0.15) is 5.82 Å². The van der Waals surface area contributed by atoms with Crippen LogP contribution in [0.1, 0.15) is 36.2 Å². The highest BCUT2D eigenvalue weighted by Gasteiger charge is 2.38. The maximum absolute atomic E-state index is 11.6. The largest absolute Gasteiger partial charge is 0.294 e. The average molecular weight is 243 g/mol. The van der Waals surface area contributed by atoms with Crippen molar-refractivity contribution >= 4 is 16.1 Å². The highest BCUT2D eigenvalue weighted by molar-refractivity contribution is 7.91. The van der Waals surface area contributed by atoms with Gasteiger partial charge in [-0.15, -0.1) is 0 Å². The molecule has 1 aromatic rings. The van der Waals surface area contributed by atoms with Gasteiger partial charge in [0.2, 0.25) is 5.82 Å². The fourth-order valence-electron chi connectivity index (χ4n) is 2.10. The average Bonchev–Trinajstić information content (AvgIpc) is 2.64. The first-order valence-corrected chi connectivity index (χ1v) is 6.86. The minimum Gasteiger partial charge on any atom is -0.294 e. The van der Waals surface area contributed by atoms with Gasteiger partial charge in [-0.3, -0.25) is 9.89 Å². The summed E-state index contributed by atoms with van der Waals surface area (Å²) in [7, 11) is -3.01. The summed E-state index contributed by atoms with van der Waals surface area (Å²) in [6.45, 7) is 1.83. The Hall–Kier alpha value is -1.24. The van der Waals surface area contributed by atoms with Crippen molar-refractivity contribution < 1.29 is 13.2 Å². The molecule has 1 aromatic heterocycles. The Labute approximate surface area is 93.4 Å². The molecule has 88 valence electrons. The van der Waals surface area contributed by atoms with Crippen LogP contribution in [-0.4, -0.2) is 41.4 Å². The minimum atomic E-state index is -3.01. The first-order valence-electron chi connectivity index (χ1n) is 5.04. The van der Waals surface area contributed by atoms with Crippen molar-refractivity contribution in [2.45, 2.75) is 25.2 Å². The number of hydrogen-bond donors (Lipinski definition) is 1. The second kappa shape index (κ2) is 3.65. The Bertz CT molecular complexity index is 508. The minimum absolute atomic E-state index is 0.0630. The highest BCUT2D eigenvalue weighted by Crippen LogP contribution is 2.32. The Balaban J connectivity index is 2.34. The van der Waals surface area contributed by atoms with Gasteiger partial charge >= 0.3 is 0 Å². The van der Waals surface area contributed by atoms with E-state index in [1.165, 1.54) is 0 Å². The number of aromatic nitrogens is 3. The molecule has 0 spiro atoms. The molecular weight excluding hydrogens is 230 g/mol. The summed E-state index contributed by atoms with van der Waals surface area (Å²) in [6, 6.07) is 0. The van der Waals surface area contributed by atoms with Crippen LogP contribution < -0.4 is 0 Å². The molecule has 1 atom stereocenters. The van der Waals surface area contributed by atoms with Crippen molar-refractivity contribution in [1.82, 2.24) is 15.2 Å². The Morgan fingerprint density at radius 1 is 1.50 bits per heavy atom. The molecule has 1 saturated heterocycles. The number of rotatable bonds is 2. The fourth-order valence-corrected chi connectivity index (χ4v) is 4.08. The van der Waals surface area contributed by atoms with Crippen LogP contribution in [0.15, 0.2) is 0 Å². The van der Waals surface area contributed by atoms with E-state index in [1.807, 2.05) is 6.92 Å². The molecular formula is C9H13N3O3S. The van der Waals surface area contributed by atoms with Gasteiger partial charge in [0.25, 0.3) is 0 Å². The zero-order valence-corrected chi connectivity index (χ0v) is 9.75. The molecule has 0 saturated carbocycles. The number of aromatic amines is 1. The molecule has 1 aliphatic rings. The third-order valence-corrected chi connectivity index (χ3v) is 4.89. The van der Waals surface area contributed by atoms with Gasteiger partial charge < -0.3 is 0 Å². The van der Waals surface area contributed by atoms with E-state index in [2.05, 4.69) is 15.2 Å². The summed E-state index contributed by atoms with van der Waals surface area (Å²) in [5.41, 5.74) is -0.550. The SMILES string of the molecule is CC1(c2nc(C=O)n[nH]2)CCCS(=O)(=O)C1. The summed E-state index contributed by atoms with van der Waals surface area (Å²) < 4.78 is 23.2. The van der Waals surface area contributed by atoms with Gasteiger partial charge in [0.05, 0.1) is 11.5 Å². The zero-order valence-electron chi connectivity index (χ0n) is 8.93. The van der Waals surface area contributed by atoms with E-state index >= 15 is 0 Å². The third kappa shape index (κ3) is 1.99. The van der Waals surface area contributed by atoms with Gasteiger partial charge in [0, 0.05) is 5.41 Å². The highest BCUT2D eigenvalue weighted by atomic mass is 32.2. The second-order valence-electron chi connectivity index (χ2n) is 4.42. The number of nitrogens with one attached hydrogen (secondary N) is 1. The van der Waals surface area contributed by atoms with Crippen LogP contribution in [0, 0.1) is 0 Å². The van der Waals surface area contributed by atoms with Gasteiger partial charge in [-0.05, 0) is 12.8 Å². The second-order valence-corrected chi connectivity index (χ2v) is 6.60. The normalized spacial score (nSPS) is 28.8. The molecule has 1 unspecified atom stereocenters. The van der Waals surface area contributed by atoms with Gasteiger partial charge in [-0.1, -0.05) is 6.92 Å². The summed E-state index contributed by atoms with van der Waals surface area (Å²) in [5, 5.41) is 6.35. The van der Waals surface area contributed by atoms with Crippen LogP contribution in [0.25, 0.3) is 0 Å². The van der Waals surface area contributed by atoms with E-state index in [0.29, 0.717) is 18.5 Å². The molecule has 2 rings (SSSR count). The lowest BCUT2D eigenvalue weighted by Gasteiger charge is -2.30. The number of nitrogens with zero attached hydrogens (tertiary/aromatic N) is 2. The summed E-state index contributed by atoms with van der Waals surface area (Å²) in [4.78, 5) is 14.5. The molecule has 0 amide bonds. The van der Waals surface area contributed by atoms with E-state index in [9.17, 15) is 13.2 Å². The Morgan fingerprint density at radius 2 is 2.25 bits per heavy atom. The standard InChI is InChI=1S/C9H13N3O3S/c1-9(3-2-4-16(14,15)6-9)8-10-7(5-13)11-12-8/h5H,2-4,6H2,1H3,(H,10,11,12). The Morgan fingerprint density at radius 3 is 2.81 bits per heavy atom. The van der Waals surface area contributed by atoms with Gasteiger partial charge in [0.15, 0.2) is 16.1 Å². The molecule has 1 aliphatic heterocycles. The number of carbonyl (C=O) groups excluding carboxylic acids is 1. The topological polar surface area (TPSA) is 92.8 Å².